The Morgan fingerprint density at radius 3 is 3.06 bits per heavy atom. The Bertz CT molecular complexity index is 374. The first-order chi connectivity index (χ1) is 7.63. The Morgan fingerprint density at radius 2 is 2.38 bits per heavy atom. The maximum Gasteiger partial charge on any atom is 0.227 e. The summed E-state index contributed by atoms with van der Waals surface area (Å²) >= 11 is 0. The van der Waals surface area contributed by atoms with E-state index in [1.807, 2.05) is 4.90 Å². The van der Waals surface area contributed by atoms with Crippen LogP contribution in [0.1, 0.15) is 12.8 Å². The van der Waals surface area contributed by atoms with Gasteiger partial charge in [-0.1, -0.05) is 0 Å². The molecule has 16 heavy (non-hydrogen) atoms. The molecular weight excluding hydrogens is 208 g/mol. The molecule has 6 heteroatoms. The lowest BCUT2D eigenvalue weighted by Gasteiger charge is -2.37. The Kier molecular flexibility index (Phi) is 2.93. The molecule has 2 rings (SSSR count). The molecule has 88 valence electrons. The Hall–Kier alpha value is -1.40. The number of aliphatic hydroxyl groups excluding tert-OH is 1. The molecule has 0 unspecified atom stereocenters. The lowest BCUT2D eigenvalue weighted by molar-refractivity contribution is -0.0244. The second-order valence-electron chi connectivity index (χ2n) is 4.19. The highest BCUT2D eigenvalue weighted by Crippen LogP contribution is 2.23. The number of nitrogen functional groups attached to an aromatic ring is 1. The lowest BCUT2D eigenvalue weighted by Crippen LogP contribution is -2.51. The van der Waals surface area contributed by atoms with Gasteiger partial charge in [-0.05, 0) is 18.9 Å². The van der Waals surface area contributed by atoms with Gasteiger partial charge in [0.1, 0.15) is 11.4 Å². The highest BCUT2D eigenvalue weighted by Gasteiger charge is 2.33. The molecule has 2 heterocycles. The van der Waals surface area contributed by atoms with Gasteiger partial charge in [-0.2, -0.15) is 4.98 Å². The van der Waals surface area contributed by atoms with Crippen molar-refractivity contribution in [1.82, 2.24) is 9.97 Å². The molecule has 0 aliphatic carbocycles. The number of anilines is 2. The molecule has 0 amide bonds. The molecule has 0 saturated carbocycles. The van der Waals surface area contributed by atoms with Crippen LogP contribution in [0, 0.1) is 0 Å². The van der Waals surface area contributed by atoms with Crippen LogP contribution in [0.5, 0.6) is 0 Å². The van der Waals surface area contributed by atoms with E-state index >= 15 is 0 Å². The van der Waals surface area contributed by atoms with Crippen LogP contribution in [0.2, 0.25) is 0 Å². The van der Waals surface area contributed by atoms with E-state index < -0.39 is 5.60 Å². The van der Waals surface area contributed by atoms with Crippen LogP contribution in [-0.2, 0) is 0 Å². The van der Waals surface area contributed by atoms with Crippen LogP contribution in [-0.4, -0.2) is 45.5 Å². The monoisotopic (exact) mass is 224 g/mol. The maximum absolute atomic E-state index is 10.0. The fourth-order valence-corrected chi connectivity index (χ4v) is 1.93. The zero-order valence-electron chi connectivity index (χ0n) is 9.00. The van der Waals surface area contributed by atoms with Gasteiger partial charge < -0.3 is 20.8 Å². The van der Waals surface area contributed by atoms with Gasteiger partial charge in [0.25, 0.3) is 0 Å². The molecule has 6 nitrogen and oxygen atoms in total. The normalized spacial score (nSPS) is 25.8. The van der Waals surface area contributed by atoms with Crippen molar-refractivity contribution in [2.75, 3.05) is 30.3 Å². The number of aliphatic hydroxyl groups is 2. The van der Waals surface area contributed by atoms with E-state index in [-0.39, 0.29) is 6.61 Å². The molecule has 1 aromatic heterocycles. The van der Waals surface area contributed by atoms with Crippen LogP contribution in [0.15, 0.2) is 12.3 Å². The second kappa shape index (κ2) is 4.23. The molecule has 0 aromatic carbocycles. The summed E-state index contributed by atoms with van der Waals surface area (Å²) in [4.78, 5) is 10.0. The molecule has 1 aliphatic rings. The summed E-state index contributed by atoms with van der Waals surface area (Å²) in [5, 5.41) is 19.1. The molecule has 1 atom stereocenters. The summed E-state index contributed by atoms with van der Waals surface area (Å²) in [7, 11) is 0. The second-order valence-corrected chi connectivity index (χ2v) is 4.19. The largest absolute Gasteiger partial charge is 0.393 e. The molecule has 1 aliphatic heterocycles. The van der Waals surface area contributed by atoms with Gasteiger partial charge in [-0.15, -0.1) is 0 Å². The Balaban J connectivity index is 2.16. The van der Waals surface area contributed by atoms with Crippen molar-refractivity contribution in [1.29, 1.82) is 0 Å². The topological polar surface area (TPSA) is 95.5 Å². The molecule has 0 radical (unpaired) electrons. The van der Waals surface area contributed by atoms with Gasteiger partial charge in [-0.25, -0.2) is 4.98 Å². The average Bonchev–Trinajstić information content (AvgIpc) is 2.29. The third-order valence-electron chi connectivity index (χ3n) is 2.80. The minimum atomic E-state index is -1.05. The molecule has 0 bridgehead atoms. The summed E-state index contributed by atoms with van der Waals surface area (Å²) in [5.41, 5.74) is 4.53. The van der Waals surface area contributed by atoms with Crippen LogP contribution < -0.4 is 10.6 Å². The van der Waals surface area contributed by atoms with Gasteiger partial charge in [-0.3, -0.25) is 0 Å². The molecule has 1 fully saturated rings. The Labute approximate surface area is 93.7 Å². The van der Waals surface area contributed by atoms with E-state index in [2.05, 4.69) is 9.97 Å². The van der Waals surface area contributed by atoms with E-state index in [4.69, 9.17) is 10.8 Å². The lowest BCUT2D eigenvalue weighted by atomic mass is 9.94. The molecular formula is C10H16N4O2. The number of hydrogen-bond acceptors (Lipinski definition) is 6. The van der Waals surface area contributed by atoms with Crippen LogP contribution in [0.4, 0.5) is 11.8 Å². The van der Waals surface area contributed by atoms with Crippen molar-refractivity contribution in [2.45, 2.75) is 18.4 Å². The van der Waals surface area contributed by atoms with Crippen molar-refractivity contribution in [3.8, 4) is 0 Å². The zero-order chi connectivity index (χ0) is 11.6. The first-order valence-corrected chi connectivity index (χ1v) is 5.30. The zero-order valence-corrected chi connectivity index (χ0v) is 9.00. The van der Waals surface area contributed by atoms with E-state index in [1.165, 1.54) is 0 Å². The number of aromatic nitrogens is 2. The Morgan fingerprint density at radius 1 is 1.56 bits per heavy atom. The van der Waals surface area contributed by atoms with E-state index in [0.717, 1.165) is 13.0 Å². The summed E-state index contributed by atoms with van der Waals surface area (Å²) in [6.07, 6.45) is 2.99. The minimum absolute atomic E-state index is 0.244. The first kappa shape index (κ1) is 11.1. The van der Waals surface area contributed by atoms with Gasteiger partial charge in [0.2, 0.25) is 5.95 Å². The summed E-state index contributed by atoms with van der Waals surface area (Å²) < 4.78 is 0. The van der Waals surface area contributed by atoms with E-state index in [0.29, 0.717) is 24.7 Å². The third-order valence-corrected chi connectivity index (χ3v) is 2.80. The van der Waals surface area contributed by atoms with Crippen LogP contribution in [0.25, 0.3) is 0 Å². The number of nitrogens with two attached hydrogens (primary N) is 1. The van der Waals surface area contributed by atoms with Crippen molar-refractivity contribution in [3.05, 3.63) is 12.3 Å². The highest BCUT2D eigenvalue weighted by molar-refractivity contribution is 5.38. The SMILES string of the molecule is Nc1ccnc(N2CCC[C@](O)(CO)C2)n1. The van der Waals surface area contributed by atoms with Crippen LogP contribution >= 0.6 is 0 Å². The highest BCUT2D eigenvalue weighted by atomic mass is 16.3. The average molecular weight is 224 g/mol. The fourth-order valence-electron chi connectivity index (χ4n) is 1.93. The predicted molar refractivity (Wildman–Crippen MR) is 59.9 cm³/mol. The standard InChI is InChI=1S/C10H16N4O2/c11-8-2-4-12-9(13-8)14-5-1-3-10(16,6-14)7-15/h2,4,15-16H,1,3,5-7H2,(H2,11,12,13)/t10-/m1/s1. The van der Waals surface area contributed by atoms with Crippen LogP contribution in [0.3, 0.4) is 0 Å². The van der Waals surface area contributed by atoms with Gasteiger partial charge in [0.05, 0.1) is 13.2 Å². The minimum Gasteiger partial charge on any atom is -0.393 e. The summed E-state index contributed by atoms with van der Waals surface area (Å²) in [6, 6.07) is 1.62. The predicted octanol–water partition coefficient (Wildman–Crippen LogP) is -0.618. The van der Waals surface area contributed by atoms with E-state index in [1.54, 1.807) is 12.3 Å². The molecule has 1 aromatic rings. The number of piperidine rings is 1. The van der Waals surface area contributed by atoms with Gasteiger partial charge in [0, 0.05) is 12.7 Å². The molecule has 0 spiro atoms. The van der Waals surface area contributed by atoms with Crippen molar-refractivity contribution in [3.63, 3.8) is 0 Å². The fraction of sp³-hybridized carbons (Fsp3) is 0.600. The third kappa shape index (κ3) is 2.23. The van der Waals surface area contributed by atoms with Crippen molar-refractivity contribution < 1.29 is 10.2 Å². The van der Waals surface area contributed by atoms with Crippen molar-refractivity contribution in [2.24, 2.45) is 0 Å². The summed E-state index contributed by atoms with van der Waals surface area (Å²) in [6.45, 7) is 0.866. The number of hydrogen-bond donors (Lipinski definition) is 3. The number of β-amino-alcohol motifs (C(OH)–C–C–N with tert-alkyl or cyclic N) is 1. The van der Waals surface area contributed by atoms with Gasteiger partial charge in [0.15, 0.2) is 0 Å². The summed E-state index contributed by atoms with van der Waals surface area (Å²) in [5.74, 6) is 0.912. The van der Waals surface area contributed by atoms with E-state index in [9.17, 15) is 5.11 Å². The number of nitrogens with zero attached hydrogens (tertiary/aromatic N) is 3. The first-order valence-electron chi connectivity index (χ1n) is 5.30. The molecule has 1 saturated heterocycles. The van der Waals surface area contributed by atoms with Crippen molar-refractivity contribution >= 4 is 11.8 Å². The maximum atomic E-state index is 10.0. The smallest absolute Gasteiger partial charge is 0.227 e. The van der Waals surface area contributed by atoms with Gasteiger partial charge >= 0.3 is 0 Å². The molecule has 4 N–H and O–H groups in total. The quantitative estimate of drug-likeness (QED) is 0.620. The number of rotatable bonds is 2.